The predicted octanol–water partition coefficient (Wildman–Crippen LogP) is 5.65. The van der Waals surface area contributed by atoms with Crippen LogP contribution in [0.25, 0.3) is 26.6 Å². The van der Waals surface area contributed by atoms with Crippen LogP contribution in [-0.2, 0) is 0 Å². The second kappa shape index (κ2) is 7.45. The lowest BCUT2D eigenvalue weighted by molar-refractivity contribution is 0.103. The SMILES string of the molecule is O=C(c1nccs1)c1c(O)c(O)n(-c2nc3ccc(Cl)cc3s2)c1-c1ccccc1F. The molecule has 2 aromatic carbocycles. The number of aromatic nitrogens is 3. The zero-order valence-corrected chi connectivity index (χ0v) is 17.8. The Balaban J connectivity index is 1.85. The lowest BCUT2D eigenvalue weighted by Crippen LogP contribution is -2.05. The fourth-order valence-corrected chi connectivity index (χ4v) is 5.11. The summed E-state index contributed by atoms with van der Waals surface area (Å²) in [6.45, 7) is 0. The van der Waals surface area contributed by atoms with Gasteiger partial charge in [0.25, 0.3) is 0 Å². The number of carbonyl (C=O) groups excluding carboxylic acids is 1. The fourth-order valence-electron chi connectivity index (χ4n) is 3.28. The van der Waals surface area contributed by atoms with Crippen molar-refractivity contribution in [3.63, 3.8) is 0 Å². The van der Waals surface area contributed by atoms with Gasteiger partial charge in [0.1, 0.15) is 5.82 Å². The van der Waals surface area contributed by atoms with Crippen molar-refractivity contribution >= 4 is 50.3 Å². The van der Waals surface area contributed by atoms with E-state index in [9.17, 15) is 19.4 Å². The van der Waals surface area contributed by atoms with E-state index in [0.29, 0.717) is 10.5 Å². The third-order valence-corrected chi connectivity index (χ3v) is 6.64. The lowest BCUT2D eigenvalue weighted by atomic mass is 10.0. The summed E-state index contributed by atoms with van der Waals surface area (Å²) in [7, 11) is 0. The van der Waals surface area contributed by atoms with E-state index in [2.05, 4.69) is 9.97 Å². The number of nitrogens with zero attached hydrogens (tertiary/aromatic N) is 3. The van der Waals surface area contributed by atoms with Crippen molar-refractivity contribution < 1.29 is 19.4 Å². The maximum atomic E-state index is 14.8. The van der Waals surface area contributed by atoms with Gasteiger partial charge in [0.05, 0.1) is 21.5 Å². The lowest BCUT2D eigenvalue weighted by Gasteiger charge is -2.09. The molecule has 0 spiro atoms. The maximum absolute atomic E-state index is 14.8. The smallest absolute Gasteiger partial charge is 0.242 e. The van der Waals surface area contributed by atoms with Gasteiger partial charge in [-0.25, -0.2) is 14.4 Å². The first kappa shape index (κ1) is 19.7. The quantitative estimate of drug-likeness (QED) is 0.331. The Morgan fingerprint density at radius 2 is 1.97 bits per heavy atom. The number of carbonyl (C=O) groups is 1. The van der Waals surface area contributed by atoms with E-state index in [4.69, 9.17) is 11.6 Å². The van der Waals surface area contributed by atoms with Crippen LogP contribution >= 0.6 is 34.3 Å². The van der Waals surface area contributed by atoms with Gasteiger partial charge in [-0.3, -0.25) is 9.36 Å². The van der Waals surface area contributed by atoms with Crippen LogP contribution in [0.4, 0.5) is 4.39 Å². The predicted molar refractivity (Wildman–Crippen MR) is 118 cm³/mol. The molecule has 0 saturated heterocycles. The van der Waals surface area contributed by atoms with Crippen LogP contribution in [0.5, 0.6) is 11.6 Å². The molecule has 0 fully saturated rings. The molecule has 0 amide bonds. The second-order valence-electron chi connectivity index (χ2n) is 6.49. The van der Waals surface area contributed by atoms with E-state index >= 15 is 0 Å². The monoisotopic (exact) mass is 471 g/mol. The van der Waals surface area contributed by atoms with Crippen molar-refractivity contribution in [3.05, 3.63) is 75.5 Å². The standard InChI is InChI=1S/C21H11ClFN3O3S2/c22-10-5-6-13-14(9-10)31-21(25-13)26-16(11-3-1-2-4-12(11)23)15(18(28)20(26)29)17(27)19-24-7-8-30-19/h1-9,28-29H. The Bertz CT molecular complexity index is 1460. The van der Waals surface area contributed by atoms with Crippen LogP contribution < -0.4 is 0 Å². The van der Waals surface area contributed by atoms with Gasteiger partial charge in [0.2, 0.25) is 11.7 Å². The van der Waals surface area contributed by atoms with Gasteiger partial charge in [0.15, 0.2) is 15.9 Å². The first-order valence-corrected chi connectivity index (χ1v) is 11.0. The van der Waals surface area contributed by atoms with E-state index in [0.717, 1.165) is 16.0 Å². The number of hydrogen-bond acceptors (Lipinski definition) is 7. The molecular formula is C21H11ClFN3O3S2. The summed E-state index contributed by atoms with van der Waals surface area (Å²) < 4.78 is 16.7. The van der Waals surface area contributed by atoms with Crippen molar-refractivity contribution in [2.45, 2.75) is 0 Å². The summed E-state index contributed by atoms with van der Waals surface area (Å²) in [5.74, 6) is -2.55. The minimum absolute atomic E-state index is 0.0153. The maximum Gasteiger partial charge on any atom is 0.242 e. The number of hydrogen-bond donors (Lipinski definition) is 2. The van der Waals surface area contributed by atoms with Gasteiger partial charge in [-0.2, -0.15) is 0 Å². The van der Waals surface area contributed by atoms with Crippen LogP contribution in [0.1, 0.15) is 15.4 Å². The Hall–Kier alpha value is -3.27. The summed E-state index contributed by atoms with van der Waals surface area (Å²) >= 11 is 8.31. The van der Waals surface area contributed by atoms with Gasteiger partial charge in [-0.15, -0.1) is 11.3 Å². The summed E-state index contributed by atoms with van der Waals surface area (Å²) in [6, 6.07) is 10.9. The van der Waals surface area contributed by atoms with Crippen LogP contribution in [0, 0.1) is 5.82 Å². The van der Waals surface area contributed by atoms with E-state index < -0.39 is 23.2 Å². The Morgan fingerprint density at radius 3 is 2.71 bits per heavy atom. The van der Waals surface area contributed by atoms with Crippen molar-refractivity contribution in [2.75, 3.05) is 0 Å². The molecule has 154 valence electrons. The first-order valence-electron chi connectivity index (χ1n) is 8.88. The Labute approximate surface area is 187 Å². The minimum Gasteiger partial charge on any atom is -0.503 e. The molecule has 0 saturated carbocycles. The average molecular weight is 472 g/mol. The first-order chi connectivity index (χ1) is 15.0. The molecule has 0 unspecified atom stereocenters. The Morgan fingerprint density at radius 1 is 1.16 bits per heavy atom. The zero-order chi connectivity index (χ0) is 21.7. The number of aromatic hydroxyl groups is 2. The van der Waals surface area contributed by atoms with E-state index in [1.165, 1.54) is 40.3 Å². The highest BCUT2D eigenvalue weighted by molar-refractivity contribution is 7.20. The molecule has 0 aliphatic rings. The van der Waals surface area contributed by atoms with Crippen molar-refractivity contribution in [1.82, 2.24) is 14.5 Å². The van der Waals surface area contributed by atoms with Gasteiger partial charge in [-0.05, 0) is 30.3 Å². The number of benzene rings is 2. The molecule has 10 heteroatoms. The van der Waals surface area contributed by atoms with Crippen LogP contribution in [-0.4, -0.2) is 30.5 Å². The summed E-state index contributed by atoms with van der Waals surface area (Å²) in [5, 5.41) is 24.0. The average Bonchev–Trinajstić information content (AvgIpc) is 3.47. The number of halogens is 2. The number of thiazole rings is 2. The number of rotatable bonds is 4. The molecule has 0 atom stereocenters. The van der Waals surface area contributed by atoms with E-state index in [1.807, 2.05) is 0 Å². The molecule has 0 aliphatic carbocycles. The van der Waals surface area contributed by atoms with Crippen LogP contribution in [0.3, 0.4) is 0 Å². The van der Waals surface area contributed by atoms with Crippen molar-refractivity contribution in [2.24, 2.45) is 0 Å². The molecule has 0 radical (unpaired) electrons. The molecule has 0 bridgehead atoms. The zero-order valence-electron chi connectivity index (χ0n) is 15.4. The second-order valence-corrected chi connectivity index (χ2v) is 8.83. The van der Waals surface area contributed by atoms with Gasteiger partial charge in [0, 0.05) is 22.2 Å². The minimum atomic E-state index is -0.671. The molecule has 3 heterocycles. The largest absolute Gasteiger partial charge is 0.503 e. The molecule has 6 nitrogen and oxygen atoms in total. The number of fused-ring (bicyclic) bond motifs is 1. The third kappa shape index (κ3) is 3.18. The summed E-state index contributed by atoms with van der Waals surface area (Å²) in [6.07, 6.45) is 1.45. The van der Waals surface area contributed by atoms with Crippen LogP contribution in [0.2, 0.25) is 5.02 Å². The Kier molecular flexibility index (Phi) is 4.73. The van der Waals surface area contributed by atoms with Crippen molar-refractivity contribution in [1.29, 1.82) is 0 Å². The van der Waals surface area contributed by atoms with Gasteiger partial charge in [-0.1, -0.05) is 35.1 Å². The molecule has 5 aromatic rings. The topological polar surface area (TPSA) is 88.2 Å². The highest BCUT2D eigenvalue weighted by Gasteiger charge is 2.33. The third-order valence-electron chi connectivity index (χ3n) is 4.63. The normalized spacial score (nSPS) is 11.3. The molecule has 5 rings (SSSR count). The number of ketones is 1. The van der Waals surface area contributed by atoms with E-state index in [1.54, 1.807) is 29.6 Å². The molecular weight excluding hydrogens is 461 g/mol. The molecule has 3 aromatic heterocycles. The molecule has 0 aliphatic heterocycles. The van der Waals surface area contributed by atoms with Gasteiger partial charge >= 0.3 is 0 Å². The van der Waals surface area contributed by atoms with Gasteiger partial charge < -0.3 is 10.2 Å². The van der Waals surface area contributed by atoms with E-state index in [-0.39, 0.29) is 27.0 Å². The van der Waals surface area contributed by atoms with Crippen LogP contribution in [0.15, 0.2) is 54.0 Å². The summed E-state index contributed by atoms with van der Waals surface area (Å²) in [5.41, 5.74) is 0.354. The fraction of sp³-hybridized carbons (Fsp3) is 0. The molecule has 31 heavy (non-hydrogen) atoms. The highest BCUT2D eigenvalue weighted by atomic mass is 35.5. The van der Waals surface area contributed by atoms with Crippen molar-refractivity contribution in [3.8, 4) is 28.0 Å². The molecule has 2 N–H and O–H groups in total. The highest BCUT2D eigenvalue weighted by Crippen LogP contribution is 2.46. The summed E-state index contributed by atoms with van der Waals surface area (Å²) in [4.78, 5) is 21.6.